The van der Waals surface area contributed by atoms with E-state index < -0.39 is 0 Å². The molecule has 2 aliphatic rings. The van der Waals surface area contributed by atoms with Crippen molar-refractivity contribution in [3.63, 3.8) is 0 Å². The first kappa shape index (κ1) is 10.3. The summed E-state index contributed by atoms with van der Waals surface area (Å²) >= 11 is 0. The maximum atomic E-state index is 5.86. The fourth-order valence-corrected chi connectivity index (χ4v) is 3.02. The van der Waals surface area contributed by atoms with Gasteiger partial charge in [-0.15, -0.1) is 0 Å². The summed E-state index contributed by atoms with van der Waals surface area (Å²) in [6, 6.07) is 11.2. The number of rotatable bonds is 4. The number of ether oxygens (including phenoxy) is 1. The van der Waals surface area contributed by atoms with Gasteiger partial charge >= 0.3 is 0 Å². The Labute approximate surface area is 97.0 Å². The summed E-state index contributed by atoms with van der Waals surface area (Å²) in [6.07, 6.45) is 5.28. The summed E-state index contributed by atoms with van der Waals surface area (Å²) in [7, 11) is 0. The average Bonchev–Trinajstić information content (AvgIpc) is 2.91. The molecule has 0 aromatic heterocycles. The van der Waals surface area contributed by atoms with Gasteiger partial charge in [0.15, 0.2) is 0 Å². The third-order valence-corrected chi connectivity index (χ3v) is 3.94. The Hall–Kier alpha value is -0.860. The van der Waals surface area contributed by atoms with Gasteiger partial charge in [0, 0.05) is 11.6 Å². The molecule has 0 amide bonds. The van der Waals surface area contributed by atoms with Crippen molar-refractivity contribution < 1.29 is 4.74 Å². The quantitative estimate of drug-likeness (QED) is 0.836. The first-order valence-corrected chi connectivity index (χ1v) is 6.26. The zero-order valence-corrected chi connectivity index (χ0v) is 9.61. The standard InChI is InChI=1S/C14H19NO/c1-2-4-12(5-3-1)10-16-11-14-8-6-13(15-14)7-9-14/h1-5,13,15H,6-11H2. The van der Waals surface area contributed by atoms with Crippen molar-refractivity contribution in [3.8, 4) is 0 Å². The maximum absolute atomic E-state index is 5.86. The number of fused-ring (bicyclic) bond motifs is 2. The normalized spacial score (nSPS) is 32.1. The molecule has 1 aromatic carbocycles. The van der Waals surface area contributed by atoms with Crippen molar-refractivity contribution in [3.05, 3.63) is 35.9 Å². The average molecular weight is 217 g/mol. The minimum Gasteiger partial charge on any atom is -0.375 e. The number of hydrogen-bond donors (Lipinski definition) is 1. The van der Waals surface area contributed by atoms with Gasteiger partial charge in [-0.2, -0.15) is 0 Å². The molecule has 0 saturated carbocycles. The van der Waals surface area contributed by atoms with E-state index in [1.54, 1.807) is 0 Å². The molecule has 2 saturated heterocycles. The SMILES string of the molecule is c1ccc(COCC23CCC(CC2)N3)cc1. The Morgan fingerprint density at radius 2 is 1.94 bits per heavy atom. The predicted octanol–water partition coefficient (Wildman–Crippen LogP) is 2.49. The largest absolute Gasteiger partial charge is 0.375 e. The molecule has 3 rings (SSSR count). The molecular formula is C14H19NO. The van der Waals surface area contributed by atoms with Crippen LogP contribution in [0, 0.1) is 0 Å². The molecule has 0 aliphatic carbocycles. The minimum atomic E-state index is 0.319. The van der Waals surface area contributed by atoms with Crippen molar-refractivity contribution in [2.45, 2.75) is 43.9 Å². The molecule has 2 heteroatoms. The maximum Gasteiger partial charge on any atom is 0.0717 e. The van der Waals surface area contributed by atoms with E-state index in [0.29, 0.717) is 5.54 Å². The summed E-state index contributed by atoms with van der Waals surface area (Å²) in [4.78, 5) is 0. The van der Waals surface area contributed by atoms with E-state index in [-0.39, 0.29) is 0 Å². The fraction of sp³-hybridized carbons (Fsp3) is 0.571. The smallest absolute Gasteiger partial charge is 0.0717 e. The molecule has 0 spiro atoms. The Morgan fingerprint density at radius 3 is 2.56 bits per heavy atom. The predicted molar refractivity (Wildman–Crippen MR) is 64.2 cm³/mol. The van der Waals surface area contributed by atoms with E-state index in [0.717, 1.165) is 19.3 Å². The van der Waals surface area contributed by atoms with E-state index in [2.05, 4.69) is 29.6 Å². The van der Waals surface area contributed by atoms with Gasteiger partial charge in [-0.05, 0) is 31.2 Å². The lowest BCUT2D eigenvalue weighted by Crippen LogP contribution is -2.40. The minimum absolute atomic E-state index is 0.319. The number of nitrogens with one attached hydrogen (secondary N) is 1. The third-order valence-electron chi connectivity index (χ3n) is 3.94. The van der Waals surface area contributed by atoms with Crippen molar-refractivity contribution in [1.82, 2.24) is 5.32 Å². The lowest BCUT2D eigenvalue weighted by Gasteiger charge is -2.25. The van der Waals surface area contributed by atoms with Crippen molar-refractivity contribution in [1.29, 1.82) is 0 Å². The van der Waals surface area contributed by atoms with E-state index in [4.69, 9.17) is 4.74 Å². The lowest BCUT2D eigenvalue weighted by atomic mass is 9.89. The molecule has 2 heterocycles. The molecule has 0 radical (unpaired) electrons. The molecular weight excluding hydrogens is 198 g/mol. The van der Waals surface area contributed by atoms with Crippen molar-refractivity contribution in [2.24, 2.45) is 0 Å². The van der Waals surface area contributed by atoms with Crippen LogP contribution in [0.15, 0.2) is 30.3 Å². The summed E-state index contributed by atoms with van der Waals surface area (Å²) in [5.41, 5.74) is 1.59. The molecule has 2 nitrogen and oxygen atoms in total. The molecule has 2 aliphatic heterocycles. The van der Waals surface area contributed by atoms with Gasteiger partial charge in [0.2, 0.25) is 0 Å². The van der Waals surface area contributed by atoms with Gasteiger partial charge in [0.25, 0.3) is 0 Å². The highest BCUT2D eigenvalue weighted by Gasteiger charge is 2.44. The van der Waals surface area contributed by atoms with E-state index in [9.17, 15) is 0 Å². The van der Waals surface area contributed by atoms with Crippen LogP contribution in [0.5, 0.6) is 0 Å². The molecule has 86 valence electrons. The lowest BCUT2D eigenvalue weighted by molar-refractivity contribution is 0.0672. The van der Waals surface area contributed by atoms with Crippen LogP contribution in [-0.4, -0.2) is 18.2 Å². The first-order valence-electron chi connectivity index (χ1n) is 6.26. The van der Waals surface area contributed by atoms with Gasteiger partial charge in [0.1, 0.15) is 0 Å². The van der Waals surface area contributed by atoms with Gasteiger partial charge in [-0.25, -0.2) is 0 Å². The molecule has 1 N–H and O–H groups in total. The number of benzene rings is 1. The van der Waals surface area contributed by atoms with Crippen LogP contribution in [0.2, 0.25) is 0 Å². The molecule has 2 fully saturated rings. The zero-order valence-electron chi connectivity index (χ0n) is 9.61. The summed E-state index contributed by atoms with van der Waals surface area (Å²) in [5, 5.41) is 3.70. The van der Waals surface area contributed by atoms with Crippen LogP contribution in [0.25, 0.3) is 0 Å². The van der Waals surface area contributed by atoms with Gasteiger partial charge < -0.3 is 10.1 Å². The van der Waals surface area contributed by atoms with Crippen LogP contribution < -0.4 is 5.32 Å². The van der Waals surface area contributed by atoms with Gasteiger partial charge in [-0.1, -0.05) is 30.3 Å². The molecule has 1 aromatic rings. The van der Waals surface area contributed by atoms with Crippen LogP contribution in [0.1, 0.15) is 31.2 Å². The highest BCUT2D eigenvalue weighted by atomic mass is 16.5. The molecule has 0 unspecified atom stereocenters. The number of hydrogen-bond acceptors (Lipinski definition) is 2. The summed E-state index contributed by atoms with van der Waals surface area (Å²) in [6.45, 7) is 1.62. The van der Waals surface area contributed by atoms with Crippen LogP contribution in [0.4, 0.5) is 0 Å². The van der Waals surface area contributed by atoms with Crippen LogP contribution >= 0.6 is 0 Å². The Balaban J connectivity index is 1.50. The summed E-state index contributed by atoms with van der Waals surface area (Å²) < 4.78 is 5.86. The van der Waals surface area contributed by atoms with E-state index in [1.165, 1.54) is 31.2 Å². The van der Waals surface area contributed by atoms with E-state index in [1.807, 2.05) is 6.07 Å². The highest BCUT2D eigenvalue weighted by molar-refractivity contribution is 5.13. The Bertz CT molecular complexity index is 341. The molecule has 16 heavy (non-hydrogen) atoms. The highest BCUT2D eigenvalue weighted by Crippen LogP contribution is 2.37. The second kappa shape index (κ2) is 4.19. The first-order chi connectivity index (χ1) is 7.86. The fourth-order valence-electron chi connectivity index (χ4n) is 3.02. The van der Waals surface area contributed by atoms with Gasteiger partial charge in [-0.3, -0.25) is 0 Å². The Kier molecular flexibility index (Phi) is 2.70. The second-order valence-electron chi connectivity index (χ2n) is 5.18. The van der Waals surface area contributed by atoms with E-state index >= 15 is 0 Å². The van der Waals surface area contributed by atoms with Crippen molar-refractivity contribution >= 4 is 0 Å². The zero-order chi connectivity index (χ0) is 10.8. The second-order valence-corrected chi connectivity index (χ2v) is 5.18. The monoisotopic (exact) mass is 217 g/mol. The molecule has 0 atom stereocenters. The summed E-state index contributed by atoms with van der Waals surface area (Å²) in [5.74, 6) is 0. The Morgan fingerprint density at radius 1 is 1.19 bits per heavy atom. The van der Waals surface area contributed by atoms with Crippen LogP contribution in [-0.2, 0) is 11.3 Å². The van der Waals surface area contributed by atoms with Gasteiger partial charge in [0.05, 0.1) is 13.2 Å². The molecule has 2 bridgehead atoms. The van der Waals surface area contributed by atoms with Crippen LogP contribution in [0.3, 0.4) is 0 Å². The van der Waals surface area contributed by atoms with Crippen molar-refractivity contribution in [2.75, 3.05) is 6.61 Å². The third kappa shape index (κ3) is 2.00. The topological polar surface area (TPSA) is 21.3 Å².